The second-order valence-corrected chi connectivity index (χ2v) is 6.04. The van der Waals surface area contributed by atoms with Crippen molar-refractivity contribution in [2.45, 2.75) is 32.9 Å². The number of nitrogens with two attached hydrogens (primary N) is 1. The normalized spacial score (nSPS) is 18.6. The number of rotatable bonds is 4. The summed E-state index contributed by atoms with van der Waals surface area (Å²) in [6.45, 7) is 8.20. The minimum atomic E-state index is -0.340. The fraction of sp³-hybridized carbons (Fsp3) is 0.692. The predicted molar refractivity (Wildman–Crippen MR) is 77.0 cm³/mol. The van der Waals surface area contributed by atoms with E-state index in [2.05, 4.69) is 15.3 Å². The zero-order valence-electron chi connectivity index (χ0n) is 11.6. The van der Waals surface area contributed by atoms with Crippen LogP contribution in [0.25, 0.3) is 0 Å². The van der Waals surface area contributed by atoms with Crippen molar-refractivity contribution in [1.29, 1.82) is 0 Å². The summed E-state index contributed by atoms with van der Waals surface area (Å²) in [5, 5.41) is 3.22. The van der Waals surface area contributed by atoms with Crippen LogP contribution in [0, 0.1) is 6.92 Å². The van der Waals surface area contributed by atoms with Crippen LogP contribution >= 0.6 is 11.3 Å². The summed E-state index contributed by atoms with van der Waals surface area (Å²) in [6.07, 6.45) is 0.706. The van der Waals surface area contributed by atoms with Crippen LogP contribution in [-0.4, -0.2) is 52.9 Å². The molecule has 6 heteroatoms. The van der Waals surface area contributed by atoms with Crippen LogP contribution in [0.5, 0.6) is 0 Å². The first-order chi connectivity index (χ1) is 9.10. The molecular weight excluding hydrogens is 260 g/mol. The molecule has 106 valence electrons. The van der Waals surface area contributed by atoms with E-state index in [1.807, 2.05) is 18.7 Å². The first kappa shape index (κ1) is 14.4. The third kappa shape index (κ3) is 3.75. The molecule has 5 nitrogen and oxygen atoms in total. The number of amides is 1. The Morgan fingerprint density at radius 2 is 2.16 bits per heavy atom. The summed E-state index contributed by atoms with van der Waals surface area (Å²) in [6, 6.07) is -0.340. The quantitative estimate of drug-likeness (QED) is 0.888. The van der Waals surface area contributed by atoms with Crippen LogP contribution in [0.2, 0.25) is 0 Å². The van der Waals surface area contributed by atoms with Gasteiger partial charge in [-0.1, -0.05) is 6.92 Å². The SMILES string of the molecule is CC[C@@H](N)C(=O)N1CCN(Cc2csc(C)n2)CC1. The molecule has 2 heterocycles. The number of hydrogen-bond acceptors (Lipinski definition) is 5. The van der Waals surface area contributed by atoms with E-state index in [0.717, 1.165) is 43.4 Å². The molecule has 1 aromatic heterocycles. The number of thiazole rings is 1. The smallest absolute Gasteiger partial charge is 0.239 e. The highest BCUT2D eigenvalue weighted by Gasteiger charge is 2.24. The lowest BCUT2D eigenvalue weighted by molar-refractivity contribution is -0.134. The molecule has 19 heavy (non-hydrogen) atoms. The summed E-state index contributed by atoms with van der Waals surface area (Å²) >= 11 is 1.69. The Morgan fingerprint density at radius 1 is 1.47 bits per heavy atom. The average molecular weight is 282 g/mol. The lowest BCUT2D eigenvalue weighted by atomic mass is 10.2. The lowest BCUT2D eigenvalue weighted by Crippen LogP contribution is -2.52. The Bertz CT molecular complexity index is 426. The molecule has 2 N–H and O–H groups in total. The fourth-order valence-corrected chi connectivity index (χ4v) is 2.85. The average Bonchev–Trinajstić information content (AvgIpc) is 2.83. The van der Waals surface area contributed by atoms with E-state index in [9.17, 15) is 4.79 Å². The molecule has 0 unspecified atom stereocenters. The molecule has 0 saturated carbocycles. The van der Waals surface area contributed by atoms with Crippen molar-refractivity contribution < 1.29 is 4.79 Å². The van der Waals surface area contributed by atoms with Crippen molar-refractivity contribution in [1.82, 2.24) is 14.8 Å². The Labute approximate surface area is 118 Å². The molecule has 1 aromatic rings. The number of nitrogens with zero attached hydrogens (tertiary/aromatic N) is 3. The highest BCUT2D eigenvalue weighted by atomic mass is 32.1. The minimum absolute atomic E-state index is 0.0895. The number of hydrogen-bond donors (Lipinski definition) is 1. The van der Waals surface area contributed by atoms with Crippen LogP contribution in [0.3, 0.4) is 0 Å². The maximum atomic E-state index is 12.0. The van der Waals surface area contributed by atoms with Crippen molar-refractivity contribution >= 4 is 17.2 Å². The van der Waals surface area contributed by atoms with Gasteiger partial charge in [-0.05, 0) is 13.3 Å². The van der Waals surface area contributed by atoms with Gasteiger partial charge in [0.15, 0.2) is 0 Å². The van der Waals surface area contributed by atoms with Crippen molar-refractivity contribution in [3.05, 3.63) is 16.1 Å². The fourth-order valence-electron chi connectivity index (χ4n) is 2.25. The van der Waals surface area contributed by atoms with E-state index in [1.165, 1.54) is 0 Å². The summed E-state index contributed by atoms with van der Waals surface area (Å²) in [4.78, 5) is 20.7. The molecule has 0 bridgehead atoms. The number of piperazine rings is 1. The lowest BCUT2D eigenvalue weighted by Gasteiger charge is -2.35. The van der Waals surface area contributed by atoms with Gasteiger partial charge in [-0.15, -0.1) is 11.3 Å². The highest BCUT2D eigenvalue weighted by Crippen LogP contribution is 2.12. The molecule has 1 atom stereocenters. The molecule has 0 radical (unpaired) electrons. The number of carbonyl (C=O) groups is 1. The second kappa shape index (κ2) is 6.45. The molecule has 0 aliphatic carbocycles. The molecule has 1 aliphatic rings. The van der Waals surface area contributed by atoms with Crippen LogP contribution < -0.4 is 5.73 Å². The molecule has 1 aliphatic heterocycles. The first-order valence-corrected chi connectivity index (χ1v) is 7.66. The monoisotopic (exact) mass is 282 g/mol. The van der Waals surface area contributed by atoms with Gasteiger partial charge < -0.3 is 10.6 Å². The summed E-state index contributed by atoms with van der Waals surface area (Å²) < 4.78 is 0. The van der Waals surface area contributed by atoms with E-state index in [4.69, 9.17) is 5.73 Å². The van der Waals surface area contributed by atoms with Crippen molar-refractivity contribution in [2.24, 2.45) is 5.73 Å². The number of aryl methyl sites for hydroxylation is 1. The van der Waals surface area contributed by atoms with Crippen molar-refractivity contribution in [3.8, 4) is 0 Å². The maximum absolute atomic E-state index is 12.0. The zero-order valence-corrected chi connectivity index (χ0v) is 12.4. The van der Waals surface area contributed by atoms with Crippen LogP contribution in [0.15, 0.2) is 5.38 Å². The Balaban J connectivity index is 1.81. The van der Waals surface area contributed by atoms with E-state index in [-0.39, 0.29) is 11.9 Å². The maximum Gasteiger partial charge on any atom is 0.239 e. The Kier molecular flexibility index (Phi) is 4.90. The summed E-state index contributed by atoms with van der Waals surface area (Å²) in [7, 11) is 0. The van der Waals surface area contributed by atoms with Gasteiger partial charge in [0.25, 0.3) is 0 Å². The van der Waals surface area contributed by atoms with Gasteiger partial charge in [0.2, 0.25) is 5.91 Å². The number of aromatic nitrogens is 1. The van der Waals surface area contributed by atoms with E-state index >= 15 is 0 Å². The Hall–Kier alpha value is -0.980. The van der Waals surface area contributed by atoms with Gasteiger partial charge in [0, 0.05) is 38.1 Å². The second-order valence-electron chi connectivity index (χ2n) is 4.97. The minimum Gasteiger partial charge on any atom is -0.339 e. The Morgan fingerprint density at radius 3 is 2.68 bits per heavy atom. The van der Waals surface area contributed by atoms with Crippen LogP contribution in [0.4, 0.5) is 0 Å². The van der Waals surface area contributed by atoms with Gasteiger partial charge in [-0.2, -0.15) is 0 Å². The summed E-state index contributed by atoms with van der Waals surface area (Å²) in [5.41, 5.74) is 6.93. The molecule has 2 rings (SSSR count). The zero-order chi connectivity index (χ0) is 13.8. The van der Waals surface area contributed by atoms with Crippen molar-refractivity contribution in [2.75, 3.05) is 26.2 Å². The number of carbonyl (C=O) groups excluding carboxylic acids is 1. The molecule has 1 saturated heterocycles. The largest absolute Gasteiger partial charge is 0.339 e. The first-order valence-electron chi connectivity index (χ1n) is 6.78. The van der Waals surface area contributed by atoms with E-state index in [0.29, 0.717) is 6.42 Å². The van der Waals surface area contributed by atoms with Crippen molar-refractivity contribution in [3.63, 3.8) is 0 Å². The molecule has 0 aromatic carbocycles. The third-order valence-electron chi connectivity index (χ3n) is 3.49. The molecule has 0 spiro atoms. The molecule has 1 amide bonds. The molecule has 1 fully saturated rings. The van der Waals surface area contributed by atoms with Gasteiger partial charge in [0.1, 0.15) is 0 Å². The van der Waals surface area contributed by atoms with Gasteiger partial charge >= 0.3 is 0 Å². The molecular formula is C13H22N4OS. The summed E-state index contributed by atoms with van der Waals surface area (Å²) in [5.74, 6) is 0.0895. The van der Waals surface area contributed by atoms with Gasteiger partial charge in [-0.3, -0.25) is 9.69 Å². The van der Waals surface area contributed by atoms with Gasteiger partial charge in [-0.25, -0.2) is 4.98 Å². The topological polar surface area (TPSA) is 62.5 Å². The van der Waals surface area contributed by atoms with Crippen LogP contribution in [0.1, 0.15) is 24.0 Å². The standard InChI is InChI=1S/C13H22N4OS/c1-3-12(14)13(18)17-6-4-16(5-7-17)8-11-9-19-10(2)15-11/h9,12H,3-8,14H2,1-2H3/t12-/m1/s1. The third-order valence-corrected chi connectivity index (χ3v) is 4.32. The van der Waals surface area contributed by atoms with Crippen LogP contribution in [-0.2, 0) is 11.3 Å². The predicted octanol–water partition coefficient (Wildman–Crippen LogP) is 0.833. The highest BCUT2D eigenvalue weighted by molar-refractivity contribution is 7.09. The van der Waals surface area contributed by atoms with Gasteiger partial charge in [0.05, 0.1) is 16.7 Å². The van der Waals surface area contributed by atoms with E-state index < -0.39 is 0 Å². The van der Waals surface area contributed by atoms with E-state index in [1.54, 1.807) is 11.3 Å².